The highest BCUT2D eigenvalue weighted by molar-refractivity contribution is 5.99. The Morgan fingerprint density at radius 3 is 2.79 bits per heavy atom. The zero-order valence-electron chi connectivity index (χ0n) is 21.1. The van der Waals surface area contributed by atoms with Crippen LogP contribution in [0.4, 0.5) is 4.39 Å². The van der Waals surface area contributed by atoms with Gasteiger partial charge in [-0.3, -0.25) is 9.51 Å². The molecule has 2 aliphatic rings. The van der Waals surface area contributed by atoms with E-state index in [0.29, 0.717) is 35.0 Å². The van der Waals surface area contributed by atoms with Crippen LogP contribution >= 0.6 is 0 Å². The number of hydrogen-bond donors (Lipinski definition) is 1. The van der Waals surface area contributed by atoms with Crippen molar-refractivity contribution in [3.05, 3.63) is 116 Å². The van der Waals surface area contributed by atoms with Gasteiger partial charge in [0.2, 0.25) is 0 Å². The van der Waals surface area contributed by atoms with Crippen molar-refractivity contribution in [1.82, 2.24) is 19.5 Å². The van der Waals surface area contributed by atoms with Crippen molar-refractivity contribution in [2.75, 3.05) is 0 Å². The predicted molar refractivity (Wildman–Crippen MR) is 144 cm³/mol. The lowest BCUT2D eigenvalue weighted by Gasteiger charge is -2.14. The molecule has 192 valence electrons. The van der Waals surface area contributed by atoms with Gasteiger partial charge in [-0.1, -0.05) is 29.3 Å². The van der Waals surface area contributed by atoms with Crippen LogP contribution in [-0.2, 0) is 13.0 Å². The second kappa shape index (κ2) is 8.84. The van der Waals surface area contributed by atoms with Gasteiger partial charge in [0, 0.05) is 41.3 Å². The molecule has 1 aliphatic carbocycles. The number of aromatic nitrogens is 4. The van der Waals surface area contributed by atoms with Crippen LogP contribution in [0.3, 0.4) is 0 Å². The van der Waals surface area contributed by atoms with Crippen LogP contribution in [0.2, 0.25) is 0 Å². The van der Waals surface area contributed by atoms with Crippen molar-refractivity contribution in [2.45, 2.75) is 38.7 Å². The molecule has 3 aromatic heterocycles. The first-order valence-electron chi connectivity index (χ1n) is 12.8. The average Bonchev–Trinajstić information content (AvgIpc) is 3.63. The number of hydrogen-bond acceptors (Lipinski definition) is 5. The maximum absolute atomic E-state index is 14.2. The monoisotopic (exact) mass is 518 g/mol. The van der Waals surface area contributed by atoms with Crippen molar-refractivity contribution in [1.29, 1.82) is 0 Å². The standard InChI is InChI=1S/C31H23FN4O3/c1-3-18-10-11-36-25(29(20-5-6-20)33-27(36)14-18)13-19-4-8-23-21(12-19)16-38-26-15-22(32)7-9-24(26)28(23)17(2)30-34-31(37)39-35-30/h1,4,7-12,14-15,20H,5-6,13,16H2,2H3,(H,34,35,37)/b28-17+. The second-order valence-corrected chi connectivity index (χ2v) is 10.0. The van der Waals surface area contributed by atoms with Crippen molar-refractivity contribution in [3.8, 4) is 18.1 Å². The highest BCUT2D eigenvalue weighted by atomic mass is 19.1. The van der Waals surface area contributed by atoms with Crippen LogP contribution in [-0.4, -0.2) is 19.5 Å². The van der Waals surface area contributed by atoms with Crippen molar-refractivity contribution in [3.63, 3.8) is 0 Å². The molecule has 0 spiro atoms. The van der Waals surface area contributed by atoms with E-state index in [0.717, 1.165) is 57.7 Å². The van der Waals surface area contributed by atoms with E-state index in [1.54, 1.807) is 6.07 Å². The molecule has 39 heavy (non-hydrogen) atoms. The van der Waals surface area contributed by atoms with E-state index in [9.17, 15) is 9.18 Å². The average molecular weight is 519 g/mol. The lowest BCUT2D eigenvalue weighted by atomic mass is 9.89. The fourth-order valence-electron chi connectivity index (χ4n) is 5.41. The third-order valence-corrected chi connectivity index (χ3v) is 7.46. The summed E-state index contributed by atoms with van der Waals surface area (Å²) >= 11 is 0. The molecule has 1 saturated carbocycles. The summed E-state index contributed by atoms with van der Waals surface area (Å²) in [6.45, 7) is 2.12. The first kappa shape index (κ1) is 23.2. The second-order valence-electron chi connectivity index (χ2n) is 10.0. The van der Waals surface area contributed by atoms with E-state index in [1.807, 2.05) is 25.3 Å². The summed E-state index contributed by atoms with van der Waals surface area (Å²) in [6, 6.07) is 14.6. The molecule has 0 amide bonds. The molecule has 1 fully saturated rings. The Labute approximate surface area is 223 Å². The van der Waals surface area contributed by atoms with Gasteiger partial charge in [-0.15, -0.1) is 6.42 Å². The summed E-state index contributed by atoms with van der Waals surface area (Å²) in [5, 5.41) is 3.89. The first-order valence-corrected chi connectivity index (χ1v) is 12.8. The number of ether oxygens (including phenoxy) is 1. The zero-order valence-corrected chi connectivity index (χ0v) is 21.1. The largest absolute Gasteiger partial charge is 0.488 e. The van der Waals surface area contributed by atoms with Gasteiger partial charge < -0.3 is 9.14 Å². The van der Waals surface area contributed by atoms with Gasteiger partial charge in [-0.05, 0) is 66.3 Å². The van der Waals surface area contributed by atoms with Crippen LogP contribution in [0.5, 0.6) is 5.75 Å². The maximum atomic E-state index is 14.2. The Morgan fingerprint density at radius 1 is 1.18 bits per heavy atom. The van der Waals surface area contributed by atoms with Gasteiger partial charge in [0.05, 0.1) is 11.4 Å². The summed E-state index contributed by atoms with van der Waals surface area (Å²) in [7, 11) is 0. The normalized spacial score (nSPS) is 15.7. The fraction of sp³-hybridized carbons (Fsp3) is 0.194. The molecule has 1 aliphatic heterocycles. The number of terminal acetylenes is 1. The smallest absolute Gasteiger partial charge is 0.439 e. The Kier molecular flexibility index (Phi) is 5.27. The summed E-state index contributed by atoms with van der Waals surface area (Å²) in [6.07, 6.45) is 10.6. The number of nitrogens with zero attached hydrogens (tertiary/aromatic N) is 3. The molecule has 7 nitrogen and oxygen atoms in total. The molecule has 0 bridgehead atoms. The minimum Gasteiger partial charge on any atom is -0.488 e. The van der Waals surface area contributed by atoms with Crippen molar-refractivity contribution in [2.24, 2.45) is 0 Å². The van der Waals surface area contributed by atoms with Gasteiger partial charge in [0.15, 0.2) is 5.82 Å². The van der Waals surface area contributed by atoms with Crippen molar-refractivity contribution < 1.29 is 13.7 Å². The van der Waals surface area contributed by atoms with Gasteiger partial charge in [0.25, 0.3) is 0 Å². The number of pyridine rings is 1. The molecule has 4 heterocycles. The highest BCUT2D eigenvalue weighted by Crippen LogP contribution is 2.43. The number of rotatable bonds is 4. The van der Waals surface area contributed by atoms with Crippen LogP contribution in [0, 0.1) is 18.2 Å². The molecule has 0 saturated heterocycles. The number of nitrogens with one attached hydrogen (secondary N) is 1. The van der Waals surface area contributed by atoms with Gasteiger partial charge in [-0.25, -0.2) is 14.2 Å². The number of allylic oxidation sites excluding steroid dienone is 1. The third-order valence-electron chi connectivity index (χ3n) is 7.46. The first-order chi connectivity index (χ1) is 19.0. The van der Waals surface area contributed by atoms with E-state index in [1.165, 1.54) is 12.1 Å². The molecule has 0 radical (unpaired) electrons. The SMILES string of the molecule is C#Cc1ccn2c(Cc3ccc4c(c3)COc3cc(F)ccc3/C4=C(\C)c3noc(=O)[nH]3)c(C3CC3)nc2c1. The summed E-state index contributed by atoms with van der Waals surface area (Å²) in [4.78, 5) is 19.3. The van der Waals surface area contributed by atoms with Crippen LogP contribution in [0.1, 0.15) is 70.7 Å². The van der Waals surface area contributed by atoms with Crippen LogP contribution < -0.4 is 10.5 Å². The summed E-state index contributed by atoms with van der Waals surface area (Å²) in [5.74, 6) is 2.88. The Morgan fingerprint density at radius 2 is 2.03 bits per heavy atom. The molecule has 2 aromatic carbocycles. The Balaban J connectivity index is 1.35. The maximum Gasteiger partial charge on any atom is 0.439 e. The van der Waals surface area contributed by atoms with Gasteiger partial charge >= 0.3 is 5.76 Å². The molecule has 5 aromatic rings. The van der Waals surface area contributed by atoms with Gasteiger partial charge in [-0.2, -0.15) is 0 Å². The van der Waals surface area contributed by atoms with Crippen LogP contribution in [0.25, 0.3) is 16.8 Å². The fourth-order valence-corrected chi connectivity index (χ4v) is 5.41. The molecule has 8 heteroatoms. The molecular weight excluding hydrogens is 495 g/mol. The number of halogens is 1. The number of imidazole rings is 1. The summed E-state index contributed by atoms with van der Waals surface area (Å²) in [5.41, 5.74) is 9.12. The number of benzene rings is 2. The quantitative estimate of drug-likeness (QED) is 0.319. The lowest BCUT2D eigenvalue weighted by molar-refractivity contribution is 0.305. The number of fused-ring (bicyclic) bond motifs is 3. The van der Waals surface area contributed by atoms with Crippen LogP contribution in [0.15, 0.2) is 64.0 Å². The van der Waals surface area contributed by atoms with E-state index < -0.39 is 5.76 Å². The molecular formula is C31H23FN4O3. The van der Waals surface area contributed by atoms with E-state index in [2.05, 4.69) is 38.7 Å². The predicted octanol–water partition coefficient (Wildman–Crippen LogP) is 5.47. The minimum absolute atomic E-state index is 0.264. The highest BCUT2D eigenvalue weighted by Gasteiger charge is 2.30. The molecule has 0 unspecified atom stereocenters. The lowest BCUT2D eigenvalue weighted by Crippen LogP contribution is -2.02. The number of aromatic amines is 1. The molecule has 7 rings (SSSR count). The van der Waals surface area contributed by atoms with Crippen molar-refractivity contribution >= 4 is 16.8 Å². The van der Waals surface area contributed by atoms with E-state index >= 15 is 0 Å². The third kappa shape index (κ3) is 4.03. The number of H-pyrrole nitrogens is 1. The van der Waals surface area contributed by atoms with Gasteiger partial charge in [0.1, 0.15) is 23.8 Å². The molecule has 0 atom stereocenters. The Hall–Kier alpha value is -4.90. The topological polar surface area (TPSA) is 85.4 Å². The zero-order chi connectivity index (χ0) is 26.7. The molecule has 1 N–H and O–H groups in total. The van der Waals surface area contributed by atoms with E-state index in [4.69, 9.17) is 20.7 Å². The minimum atomic E-state index is -0.640. The Bertz CT molecular complexity index is 1920. The van der Waals surface area contributed by atoms with E-state index in [-0.39, 0.29) is 12.4 Å². The summed E-state index contributed by atoms with van der Waals surface area (Å²) < 4.78 is 27.2.